The predicted octanol–water partition coefficient (Wildman–Crippen LogP) is 3.08. The van der Waals surface area contributed by atoms with Crippen LogP contribution in [0.25, 0.3) is 16.7 Å². The molecule has 1 aromatic carbocycles. The fourth-order valence-corrected chi connectivity index (χ4v) is 2.05. The summed E-state index contributed by atoms with van der Waals surface area (Å²) in [5.41, 5.74) is 1.05. The Hall–Kier alpha value is -2.07. The van der Waals surface area contributed by atoms with Crippen molar-refractivity contribution in [1.82, 2.24) is 14.5 Å². The molecule has 0 aliphatic carbocycles. The van der Waals surface area contributed by atoms with Gasteiger partial charge in [0.15, 0.2) is 11.6 Å². The third-order valence-corrected chi connectivity index (χ3v) is 2.94. The second-order valence-corrected chi connectivity index (χ2v) is 4.11. The van der Waals surface area contributed by atoms with Crippen LogP contribution in [0.4, 0.5) is 0 Å². The third-order valence-electron chi connectivity index (χ3n) is 2.75. The highest BCUT2D eigenvalue weighted by atomic mass is 35.5. The Labute approximate surface area is 109 Å². The SMILES string of the molecule is COc1cnc(Cl)nc1-n1ccc2ccccc21. The van der Waals surface area contributed by atoms with Crippen molar-refractivity contribution in [3.8, 4) is 11.6 Å². The first-order chi connectivity index (χ1) is 8.79. The Balaban J connectivity index is 2.29. The molecule has 90 valence electrons. The predicted molar refractivity (Wildman–Crippen MR) is 70.4 cm³/mol. The largest absolute Gasteiger partial charge is 0.491 e. The zero-order chi connectivity index (χ0) is 12.5. The van der Waals surface area contributed by atoms with E-state index in [1.807, 2.05) is 41.1 Å². The molecule has 0 aliphatic rings. The van der Waals surface area contributed by atoms with Crippen LogP contribution in [-0.4, -0.2) is 21.6 Å². The summed E-state index contributed by atoms with van der Waals surface area (Å²) in [6.45, 7) is 0. The van der Waals surface area contributed by atoms with Crippen LogP contribution in [0.15, 0.2) is 42.7 Å². The van der Waals surface area contributed by atoms with Crippen LogP contribution in [0.5, 0.6) is 5.75 Å². The van der Waals surface area contributed by atoms with E-state index in [2.05, 4.69) is 9.97 Å². The molecule has 0 N–H and O–H groups in total. The summed E-state index contributed by atoms with van der Waals surface area (Å²) < 4.78 is 7.20. The number of halogens is 1. The van der Waals surface area contributed by atoms with Gasteiger partial charge in [0.25, 0.3) is 0 Å². The van der Waals surface area contributed by atoms with Gasteiger partial charge in [-0.05, 0) is 29.1 Å². The molecule has 2 heterocycles. The average molecular weight is 260 g/mol. The zero-order valence-electron chi connectivity index (χ0n) is 9.67. The quantitative estimate of drug-likeness (QED) is 0.664. The van der Waals surface area contributed by atoms with E-state index in [9.17, 15) is 0 Å². The monoisotopic (exact) mass is 259 g/mol. The second-order valence-electron chi connectivity index (χ2n) is 3.78. The summed E-state index contributed by atoms with van der Waals surface area (Å²) in [6, 6.07) is 10.1. The van der Waals surface area contributed by atoms with Crippen molar-refractivity contribution in [2.24, 2.45) is 0 Å². The van der Waals surface area contributed by atoms with Gasteiger partial charge < -0.3 is 4.74 Å². The van der Waals surface area contributed by atoms with Gasteiger partial charge in [-0.25, -0.2) is 4.98 Å². The molecule has 3 aromatic rings. The maximum absolute atomic E-state index is 5.85. The number of ether oxygens (including phenoxy) is 1. The zero-order valence-corrected chi connectivity index (χ0v) is 10.4. The summed E-state index contributed by atoms with van der Waals surface area (Å²) in [5, 5.41) is 1.33. The van der Waals surface area contributed by atoms with E-state index in [1.54, 1.807) is 13.3 Å². The minimum Gasteiger partial charge on any atom is -0.491 e. The highest BCUT2D eigenvalue weighted by Crippen LogP contribution is 2.25. The van der Waals surface area contributed by atoms with Crippen molar-refractivity contribution in [2.75, 3.05) is 7.11 Å². The Morgan fingerprint density at radius 2 is 2.06 bits per heavy atom. The van der Waals surface area contributed by atoms with E-state index >= 15 is 0 Å². The standard InChI is InChI=1S/C13H10ClN3O/c1-18-11-8-15-13(14)16-12(11)17-7-6-9-4-2-3-5-10(9)17/h2-8H,1H3. The van der Waals surface area contributed by atoms with Crippen molar-refractivity contribution >= 4 is 22.5 Å². The van der Waals surface area contributed by atoms with E-state index in [0.29, 0.717) is 11.6 Å². The van der Waals surface area contributed by atoms with Crippen LogP contribution >= 0.6 is 11.6 Å². The van der Waals surface area contributed by atoms with Crippen molar-refractivity contribution in [3.05, 3.63) is 48.0 Å². The number of hydrogen-bond acceptors (Lipinski definition) is 3. The molecule has 0 atom stereocenters. The first-order valence-corrected chi connectivity index (χ1v) is 5.80. The van der Waals surface area contributed by atoms with E-state index in [1.165, 1.54) is 0 Å². The van der Waals surface area contributed by atoms with Crippen LogP contribution in [0.2, 0.25) is 5.28 Å². The van der Waals surface area contributed by atoms with Crippen molar-refractivity contribution in [3.63, 3.8) is 0 Å². The molecule has 3 rings (SSSR count). The molecule has 2 aromatic heterocycles. The molecule has 0 spiro atoms. The molecule has 0 bridgehead atoms. The Morgan fingerprint density at radius 1 is 1.22 bits per heavy atom. The molecule has 0 aliphatic heterocycles. The van der Waals surface area contributed by atoms with Crippen molar-refractivity contribution in [2.45, 2.75) is 0 Å². The van der Waals surface area contributed by atoms with Gasteiger partial charge >= 0.3 is 0 Å². The molecule has 0 amide bonds. The number of aromatic nitrogens is 3. The second kappa shape index (κ2) is 4.31. The maximum Gasteiger partial charge on any atom is 0.224 e. The highest BCUT2D eigenvalue weighted by Gasteiger charge is 2.11. The molecule has 0 saturated carbocycles. The summed E-state index contributed by atoms with van der Waals surface area (Å²) >= 11 is 5.85. The van der Waals surface area contributed by atoms with Gasteiger partial charge in [-0.15, -0.1) is 0 Å². The van der Waals surface area contributed by atoms with Crippen LogP contribution in [-0.2, 0) is 0 Å². The molecule has 5 heteroatoms. The lowest BCUT2D eigenvalue weighted by Gasteiger charge is -2.09. The Bertz CT molecular complexity index is 708. The fourth-order valence-electron chi connectivity index (χ4n) is 1.93. The normalized spacial score (nSPS) is 10.8. The van der Waals surface area contributed by atoms with Crippen molar-refractivity contribution < 1.29 is 4.74 Å². The number of nitrogens with zero attached hydrogens (tertiary/aromatic N) is 3. The van der Waals surface area contributed by atoms with Crippen LogP contribution in [0, 0.1) is 0 Å². The fraction of sp³-hybridized carbons (Fsp3) is 0.0769. The van der Waals surface area contributed by atoms with Gasteiger partial charge in [0, 0.05) is 6.20 Å². The number of fused-ring (bicyclic) bond motifs is 1. The Morgan fingerprint density at radius 3 is 2.89 bits per heavy atom. The third kappa shape index (κ3) is 1.71. The molecule has 0 unspecified atom stereocenters. The highest BCUT2D eigenvalue weighted by molar-refractivity contribution is 6.28. The van der Waals surface area contributed by atoms with E-state index in [4.69, 9.17) is 16.3 Å². The minimum absolute atomic E-state index is 0.198. The lowest BCUT2D eigenvalue weighted by Crippen LogP contribution is -2.01. The summed E-state index contributed by atoms with van der Waals surface area (Å²) in [6.07, 6.45) is 3.51. The molecule has 4 nitrogen and oxygen atoms in total. The van der Waals surface area contributed by atoms with Crippen molar-refractivity contribution in [1.29, 1.82) is 0 Å². The van der Waals surface area contributed by atoms with Gasteiger partial charge in [-0.1, -0.05) is 18.2 Å². The summed E-state index contributed by atoms with van der Waals surface area (Å²) in [4.78, 5) is 8.15. The lowest BCUT2D eigenvalue weighted by atomic mass is 10.2. The van der Waals surface area contributed by atoms with Gasteiger partial charge in [0.2, 0.25) is 5.28 Å². The summed E-state index contributed by atoms with van der Waals surface area (Å²) in [7, 11) is 1.59. The molecule has 18 heavy (non-hydrogen) atoms. The van der Waals surface area contributed by atoms with Crippen LogP contribution < -0.4 is 4.74 Å². The van der Waals surface area contributed by atoms with E-state index in [-0.39, 0.29) is 5.28 Å². The van der Waals surface area contributed by atoms with Crippen LogP contribution in [0.3, 0.4) is 0 Å². The number of rotatable bonds is 2. The topological polar surface area (TPSA) is 39.9 Å². The molecular weight excluding hydrogens is 250 g/mol. The number of para-hydroxylation sites is 1. The Kier molecular flexibility index (Phi) is 2.64. The molecule has 0 saturated heterocycles. The maximum atomic E-state index is 5.85. The molecule has 0 radical (unpaired) electrons. The number of hydrogen-bond donors (Lipinski definition) is 0. The van der Waals surface area contributed by atoms with Gasteiger partial charge in [0.05, 0.1) is 18.8 Å². The number of methoxy groups -OCH3 is 1. The first-order valence-electron chi connectivity index (χ1n) is 5.42. The van der Waals surface area contributed by atoms with Gasteiger partial charge in [-0.3, -0.25) is 4.57 Å². The van der Waals surface area contributed by atoms with Gasteiger partial charge in [-0.2, -0.15) is 4.98 Å². The smallest absolute Gasteiger partial charge is 0.224 e. The first kappa shape index (κ1) is 11.0. The molecular formula is C13H10ClN3O. The minimum atomic E-state index is 0.198. The van der Waals surface area contributed by atoms with Gasteiger partial charge in [0.1, 0.15) is 0 Å². The molecule has 0 fully saturated rings. The van der Waals surface area contributed by atoms with E-state index in [0.717, 1.165) is 10.9 Å². The summed E-state index contributed by atoms with van der Waals surface area (Å²) in [5.74, 6) is 1.22. The van der Waals surface area contributed by atoms with E-state index < -0.39 is 0 Å². The average Bonchev–Trinajstić information content (AvgIpc) is 2.82. The van der Waals surface area contributed by atoms with Crippen LogP contribution in [0.1, 0.15) is 0 Å². The number of benzene rings is 1. The lowest BCUT2D eigenvalue weighted by molar-refractivity contribution is 0.409.